The van der Waals surface area contributed by atoms with Crippen LogP contribution in [0.5, 0.6) is 0 Å². The van der Waals surface area contributed by atoms with Crippen LogP contribution in [0.4, 0.5) is 4.39 Å². The molecular formula is C15H12ClFN2O2S. The summed E-state index contributed by atoms with van der Waals surface area (Å²) >= 11 is 7.41. The van der Waals surface area contributed by atoms with Gasteiger partial charge in [0.1, 0.15) is 10.8 Å². The third kappa shape index (κ3) is 2.76. The van der Waals surface area contributed by atoms with Crippen LogP contribution in [0, 0.1) is 12.7 Å². The van der Waals surface area contributed by atoms with Crippen LogP contribution in [0.25, 0.3) is 11.3 Å². The third-order valence-corrected chi connectivity index (χ3v) is 4.67. The highest BCUT2D eigenvalue weighted by atomic mass is 35.5. The molecule has 2 aromatic rings. The first-order valence-corrected chi connectivity index (χ1v) is 7.95. The van der Waals surface area contributed by atoms with Gasteiger partial charge in [-0.1, -0.05) is 11.6 Å². The summed E-state index contributed by atoms with van der Waals surface area (Å²) in [5.41, 5.74) is 1.74. The number of carbonyl (C=O) groups excluding carboxylic acids is 2. The fourth-order valence-electron chi connectivity index (χ4n) is 2.30. The monoisotopic (exact) mass is 338 g/mol. The number of hydrogen-bond donors (Lipinski definition) is 0. The van der Waals surface area contributed by atoms with Crippen molar-refractivity contribution in [2.75, 3.05) is 0 Å². The molecule has 0 aliphatic carbocycles. The van der Waals surface area contributed by atoms with Crippen LogP contribution < -0.4 is 0 Å². The second kappa shape index (κ2) is 5.78. The Bertz CT molecular complexity index is 759. The maximum absolute atomic E-state index is 13.5. The van der Waals surface area contributed by atoms with Gasteiger partial charge in [-0.25, -0.2) is 9.37 Å². The summed E-state index contributed by atoms with van der Waals surface area (Å²) in [5.74, 6) is -0.702. The number of carbonyl (C=O) groups is 2. The number of hydrogen-bond acceptors (Lipinski definition) is 4. The van der Waals surface area contributed by atoms with Gasteiger partial charge in [0.05, 0.1) is 17.3 Å². The highest BCUT2D eigenvalue weighted by molar-refractivity contribution is 7.10. The first kappa shape index (κ1) is 15.1. The van der Waals surface area contributed by atoms with Crippen molar-refractivity contribution in [3.8, 4) is 11.3 Å². The highest BCUT2D eigenvalue weighted by Gasteiger charge is 2.29. The molecule has 114 valence electrons. The molecule has 4 nitrogen and oxygen atoms in total. The summed E-state index contributed by atoms with van der Waals surface area (Å²) in [5, 5.41) is 2.73. The van der Waals surface area contributed by atoms with E-state index in [1.54, 1.807) is 18.4 Å². The second-order valence-electron chi connectivity index (χ2n) is 5.08. The Morgan fingerprint density at radius 1 is 1.32 bits per heavy atom. The number of imide groups is 1. The summed E-state index contributed by atoms with van der Waals surface area (Å²) in [6.45, 7) is 1.84. The van der Waals surface area contributed by atoms with Gasteiger partial charge in [0.25, 0.3) is 0 Å². The van der Waals surface area contributed by atoms with Gasteiger partial charge in [0.15, 0.2) is 0 Å². The van der Waals surface area contributed by atoms with Gasteiger partial charge in [-0.15, -0.1) is 11.3 Å². The van der Waals surface area contributed by atoms with E-state index in [0.717, 1.165) is 0 Å². The second-order valence-corrected chi connectivity index (χ2v) is 6.43. The summed E-state index contributed by atoms with van der Waals surface area (Å²) < 4.78 is 13.5. The topological polar surface area (TPSA) is 50.3 Å². The van der Waals surface area contributed by atoms with E-state index >= 15 is 0 Å². The van der Waals surface area contributed by atoms with Crippen LogP contribution in [0.15, 0.2) is 17.5 Å². The lowest BCUT2D eigenvalue weighted by Gasteiger charge is -2.11. The number of benzene rings is 1. The minimum Gasteiger partial charge on any atom is -0.276 e. The number of nitrogens with zero attached hydrogens (tertiary/aromatic N) is 2. The molecule has 0 spiro atoms. The smallest absolute Gasteiger partial charge is 0.230 e. The fourth-order valence-corrected chi connectivity index (χ4v) is 3.32. The number of amides is 2. The molecule has 2 heterocycles. The number of aromatic nitrogens is 1. The third-order valence-electron chi connectivity index (χ3n) is 3.52. The maximum Gasteiger partial charge on any atom is 0.230 e. The van der Waals surface area contributed by atoms with E-state index in [2.05, 4.69) is 4.98 Å². The van der Waals surface area contributed by atoms with Crippen LogP contribution in [0.1, 0.15) is 23.4 Å². The zero-order chi connectivity index (χ0) is 15.9. The van der Waals surface area contributed by atoms with Crippen LogP contribution in [0.3, 0.4) is 0 Å². The summed E-state index contributed by atoms with van der Waals surface area (Å²) in [4.78, 5) is 28.9. The van der Waals surface area contributed by atoms with E-state index in [1.165, 1.54) is 22.3 Å². The molecule has 2 amide bonds. The van der Waals surface area contributed by atoms with E-state index in [0.29, 0.717) is 21.8 Å². The molecule has 1 aromatic heterocycles. The number of halogens is 2. The van der Waals surface area contributed by atoms with Crippen molar-refractivity contribution in [2.45, 2.75) is 26.3 Å². The van der Waals surface area contributed by atoms with E-state index in [9.17, 15) is 14.0 Å². The Morgan fingerprint density at radius 2 is 2.00 bits per heavy atom. The Balaban J connectivity index is 1.87. The largest absolute Gasteiger partial charge is 0.276 e. The van der Waals surface area contributed by atoms with Crippen LogP contribution in [-0.4, -0.2) is 21.7 Å². The Labute approximate surface area is 135 Å². The minimum atomic E-state index is -0.363. The van der Waals surface area contributed by atoms with Crippen LogP contribution in [-0.2, 0) is 16.1 Å². The average molecular weight is 339 g/mol. The van der Waals surface area contributed by atoms with Gasteiger partial charge in [0, 0.05) is 23.8 Å². The zero-order valence-corrected chi connectivity index (χ0v) is 13.3. The molecule has 7 heteroatoms. The molecule has 1 fully saturated rings. The molecular weight excluding hydrogens is 327 g/mol. The number of aryl methyl sites for hydroxylation is 1. The predicted molar refractivity (Wildman–Crippen MR) is 82.0 cm³/mol. The van der Waals surface area contributed by atoms with Crippen molar-refractivity contribution < 1.29 is 14.0 Å². The molecule has 1 aliphatic heterocycles. The average Bonchev–Trinajstić information content (AvgIpc) is 3.05. The van der Waals surface area contributed by atoms with E-state index in [-0.39, 0.29) is 42.0 Å². The Kier molecular flexibility index (Phi) is 3.97. The standard InChI is InChI=1S/C15H12ClFN2O2S/c1-8-4-9(10(16)5-11(8)17)12-7-22-13(18-12)6-19-14(20)2-3-15(19)21/h4-5,7H,2-3,6H2,1H3. The molecule has 1 aromatic carbocycles. The van der Waals surface area contributed by atoms with Gasteiger partial charge >= 0.3 is 0 Å². The van der Waals surface area contributed by atoms with Crippen molar-refractivity contribution >= 4 is 34.8 Å². The van der Waals surface area contributed by atoms with Crippen molar-refractivity contribution in [2.24, 2.45) is 0 Å². The van der Waals surface area contributed by atoms with Crippen molar-refractivity contribution in [3.63, 3.8) is 0 Å². The summed E-state index contributed by atoms with van der Waals surface area (Å²) in [6.07, 6.45) is 0.528. The predicted octanol–water partition coefficient (Wildman–Crippen LogP) is 3.56. The SMILES string of the molecule is Cc1cc(-c2csc(CN3C(=O)CCC3=O)n2)c(Cl)cc1F. The minimum absolute atomic E-state index is 0.169. The molecule has 0 atom stereocenters. The van der Waals surface area contributed by atoms with E-state index in [1.807, 2.05) is 0 Å². The van der Waals surface area contributed by atoms with Gasteiger partial charge in [-0.05, 0) is 24.6 Å². The quantitative estimate of drug-likeness (QED) is 0.804. The van der Waals surface area contributed by atoms with Gasteiger partial charge in [0.2, 0.25) is 11.8 Å². The molecule has 1 aliphatic rings. The molecule has 0 unspecified atom stereocenters. The van der Waals surface area contributed by atoms with Gasteiger partial charge in [-0.2, -0.15) is 0 Å². The molecule has 1 saturated heterocycles. The number of thiazole rings is 1. The van der Waals surface area contributed by atoms with E-state index < -0.39 is 0 Å². The summed E-state index contributed by atoms with van der Waals surface area (Å²) in [7, 11) is 0. The Hall–Kier alpha value is -1.79. The zero-order valence-electron chi connectivity index (χ0n) is 11.7. The Morgan fingerprint density at radius 3 is 2.68 bits per heavy atom. The molecule has 0 saturated carbocycles. The number of rotatable bonds is 3. The van der Waals surface area contributed by atoms with Crippen LogP contribution >= 0.6 is 22.9 Å². The van der Waals surface area contributed by atoms with Crippen molar-refractivity contribution in [1.29, 1.82) is 0 Å². The lowest BCUT2D eigenvalue weighted by molar-refractivity contribution is -0.139. The maximum atomic E-state index is 13.5. The van der Waals surface area contributed by atoms with Gasteiger partial charge in [-0.3, -0.25) is 14.5 Å². The molecule has 0 bridgehead atoms. The normalized spacial score (nSPS) is 15.0. The number of likely N-dealkylation sites (tertiary alicyclic amines) is 1. The molecule has 0 radical (unpaired) electrons. The lowest BCUT2D eigenvalue weighted by Crippen LogP contribution is -2.28. The first-order chi connectivity index (χ1) is 10.5. The first-order valence-electron chi connectivity index (χ1n) is 6.69. The van der Waals surface area contributed by atoms with Crippen LogP contribution in [0.2, 0.25) is 5.02 Å². The molecule has 3 rings (SSSR count). The summed E-state index contributed by atoms with van der Waals surface area (Å²) in [6, 6.07) is 2.90. The van der Waals surface area contributed by atoms with Gasteiger partial charge < -0.3 is 0 Å². The molecule has 22 heavy (non-hydrogen) atoms. The van der Waals surface area contributed by atoms with Crippen molar-refractivity contribution in [3.05, 3.63) is 38.9 Å². The van der Waals surface area contributed by atoms with E-state index in [4.69, 9.17) is 11.6 Å². The highest BCUT2D eigenvalue weighted by Crippen LogP contribution is 2.31. The molecule has 0 N–H and O–H groups in total. The lowest BCUT2D eigenvalue weighted by atomic mass is 10.1. The fraction of sp³-hybridized carbons (Fsp3) is 0.267. The van der Waals surface area contributed by atoms with Crippen molar-refractivity contribution in [1.82, 2.24) is 9.88 Å².